The molecule has 7 nitrogen and oxygen atoms in total. The summed E-state index contributed by atoms with van der Waals surface area (Å²) in [6.45, 7) is 2.39. The predicted octanol–water partition coefficient (Wildman–Crippen LogP) is -0.0160. The number of benzene rings is 1. The molecule has 0 unspecified atom stereocenters. The maximum atomic E-state index is 12.6. The summed E-state index contributed by atoms with van der Waals surface area (Å²) >= 11 is 0. The van der Waals surface area contributed by atoms with E-state index in [1.54, 1.807) is 0 Å². The van der Waals surface area contributed by atoms with Gasteiger partial charge < -0.3 is 0 Å². The highest BCUT2D eigenvalue weighted by atomic mass is 32.2. The summed E-state index contributed by atoms with van der Waals surface area (Å²) in [4.78, 5) is 23.2. The number of nitrogens with one attached hydrogen (secondary N) is 1. The smallest absolute Gasteiger partial charge is 0.247 e. The molecule has 0 spiro atoms. The van der Waals surface area contributed by atoms with E-state index in [0.717, 1.165) is 4.31 Å². The SMILES string of the molecule is CC1(C)C(=O)NC(=O)CN1S(=O)(=O)c1cccc(C#N)c1. The van der Waals surface area contributed by atoms with E-state index in [2.05, 4.69) is 5.32 Å². The molecule has 21 heavy (non-hydrogen) atoms. The Balaban J connectivity index is 2.54. The normalized spacial score (nSPS) is 18.9. The second-order valence-corrected chi connectivity index (χ2v) is 6.95. The largest absolute Gasteiger partial charge is 0.294 e. The molecule has 1 aromatic rings. The van der Waals surface area contributed by atoms with Crippen LogP contribution in [0.2, 0.25) is 0 Å². The average molecular weight is 307 g/mol. The Labute approximate surface area is 122 Å². The van der Waals surface area contributed by atoms with Crippen LogP contribution >= 0.6 is 0 Å². The maximum Gasteiger partial charge on any atom is 0.247 e. The van der Waals surface area contributed by atoms with Gasteiger partial charge in [-0.3, -0.25) is 14.9 Å². The van der Waals surface area contributed by atoms with Crippen LogP contribution < -0.4 is 5.32 Å². The Morgan fingerprint density at radius 2 is 2.00 bits per heavy atom. The Morgan fingerprint density at radius 3 is 2.62 bits per heavy atom. The highest BCUT2D eigenvalue weighted by molar-refractivity contribution is 7.89. The van der Waals surface area contributed by atoms with Gasteiger partial charge in [0.2, 0.25) is 21.8 Å². The topological polar surface area (TPSA) is 107 Å². The van der Waals surface area contributed by atoms with Gasteiger partial charge in [0.05, 0.1) is 23.1 Å². The number of imide groups is 1. The van der Waals surface area contributed by atoms with Crippen molar-refractivity contribution in [3.8, 4) is 6.07 Å². The first-order chi connectivity index (χ1) is 9.69. The van der Waals surface area contributed by atoms with Crippen molar-refractivity contribution >= 4 is 21.8 Å². The van der Waals surface area contributed by atoms with E-state index in [-0.39, 0.29) is 10.5 Å². The van der Waals surface area contributed by atoms with E-state index in [4.69, 9.17) is 5.26 Å². The third-order valence-corrected chi connectivity index (χ3v) is 5.29. The molecule has 2 amide bonds. The molecule has 1 aliphatic rings. The van der Waals surface area contributed by atoms with E-state index in [9.17, 15) is 18.0 Å². The van der Waals surface area contributed by atoms with Crippen molar-refractivity contribution < 1.29 is 18.0 Å². The zero-order valence-electron chi connectivity index (χ0n) is 11.5. The highest BCUT2D eigenvalue weighted by Crippen LogP contribution is 2.27. The third-order valence-electron chi connectivity index (χ3n) is 3.27. The van der Waals surface area contributed by atoms with Crippen molar-refractivity contribution in [1.82, 2.24) is 9.62 Å². The second-order valence-electron chi connectivity index (χ2n) is 5.09. The average Bonchev–Trinajstić information content (AvgIpc) is 2.43. The van der Waals surface area contributed by atoms with Gasteiger partial charge in [-0.15, -0.1) is 0 Å². The molecule has 0 bridgehead atoms. The van der Waals surface area contributed by atoms with Gasteiger partial charge in [0.1, 0.15) is 5.54 Å². The molecular weight excluding hydrogens is 294 g/mol. The fraction of sp³-hybridized carbons (Fsp3) is 0.308. The minimum Gasteiger partial charge on any atom is -0.294 e. The van der Waals surface area contributed by atoms with Crippen LogP contribution in [0.4, 0.5) is 0 Å². The molecule has 0 atom stereocenters. The van der Waals surface area contributed by atoms with Crippen molar-refractivity contribution in [2.24, 2.45) is 0 Å². The van der Waals surface area contributed by atoms with Gasteiger partial charge in [0, 0.05) is 0 Å². The second kappa shape index (κ2) is 4.95. The molecule has 0 aromatic heterocycles. The Hall–Kier alpha value is -2.24. The fourth-order valence-corrected chi connectivity index (χ4v) is 3.75. The first kappa shape index (κ1) is 15.2. The Morgan fingerprint density at radius 1 is 1.33 bits per heavy atom. The summed E-state index contributed by atoms with van der Waals surface area (Å²) in [5.74, 6) is -1.36. The Bertz CT molecular complexity index is 762. The molecule has 8 heteroatoms. The standard InChI is InChI=1S/C13H13N3O4S/c1-13(2)12(18)15-11(17)8-16(13)21(19,20)10-5-3-4-9(6-10)7-14/h3-6H,8H2,1-2H3,(H,15,17,18). The molecule has 1 aromatic carbocycles. The lowest BCUT2D eigenvalue weighted by Gasteiger charge is -2.38. The number of hydrogen-bond acceptors (Lipinski definition) is 5. The van der Waals surface area contributed by atoms with Crippen molar-refractivity contribution in [2.45, 2.75) is 24.3 Å². The summed E-state index contributed by atoms with van der Waals surface area (Å²) in [6, 6.07) is 7.29. The van der Waals surface area contributed by atoms with Gasteiger partial charge in [-0.25, -0.2) is 8.42 Å². The quantitative estimate of drug-likeness (QED) is 0.773. The van der Waals surface area contributed by atoms with Crippen molar-refractivity contribution in [3.05, 3.63) is 29.8 Å². The lowest BCUT2D eigenvalue weighted by molar-refractivity contribution is -0.141. The number of nitrogens with zero attached hydrogens (tertiary/aromatic N) is 2. The van der Waals surface area contributed by atoms with E-state index < -0.39 is 33.9 Å². The van der Waals surface area contributed by atoms with E-state index >= 15 is 0 Å². The van der Waals surface area contributed by atoms with E-state index in [0.29, 0.717) is 0 Å². The van der Waals surface area contributed by atoms with Gasteiger partial charge in [-0.2, -0.15) is 9.57 Å². The lowest BCUT2D eigenvalue weighted by atomic mass is 10.0. The minimum absolute atomic E-state index is 0.128. The van der Waals surface area contributed by atoms with Gasteiger partial charge in [0.15, 0.2) is 0 Å². The summed E-state index contributed by atoms with van der Waals surface area (Å²) in [7, 11) is -4.07. The molecule has 1 fully saturated rings. The minimum atomic E-state index is -4.07. The Kier molecular flexibility index (Phi) is 3.57. The molecule has 1 N–H and O–H groups in total. The number of hydrogen-bond donors (Lipinski definition) is 1. The number of piperazine rings is 1. The zero-order valence-corrected chi connectivity index (χ0v) is 12.3. The van der Waals surface area contributed by atoms with Crippen LogP contribution in [0.5, 0.6) is 0 Å². The molecule has 110 valence electrons. The van der Waals surface area contributed by atoms with Crippen LogP contribution in [0.1, 0.15) is 19.4 Å². The van der Waals surface area contributed by atoms with E-state index in [1.165, 1.54) is 38.1 Å². The molecular formula is C13H13N3O4S. The van der Waals surface area contributed by atoms with Crippen LogP contribution in [-0.4, -0.2) is 36.6 Å². The van der Waals surface area contributed by atoms with Crippen molar-refractivity contribution in [2.75, 3.05) is 6.54 Å². The van der Waals surface area contributed by atoms with Crippen LogP contribution in [0.15, 0.2) is 29.2 Å². The third kappa shape index (κ3) is 2.53. The van der Waals surface area contributed by atoms with Gasteiger partial charge in [-0.1, -0.05) is 6.07 Å². The first-order valence-corrected chi connectivity index (χ1v) is 7.51. The number of nitriles is 1. The van der Waals surface area contributed by atoms with Gasteiger partial charge in [0.25, 0.3) is 0 Å². The summed E-state index contributed by atoms with van der Waals surface area (Å²) in [6.07, 6.45) is 0. The van der Waals surface area contributed by atoms with Gasteiger partial charge in [-0.05, 0) is 32.0 Å². The molecule has 1 saturated heterocycles. The number of rotatable bonds is 2. The molecule has 0 aliphatic carbocycles. The van der Waals surface area contributed by atoms with Crippen molar-refractivity contribution in [3.63, 3.8) is 0 Å². The number of carbonyl (C=O) groups excluding carboxylic acids is 2. The summed E-state index contributed by atoms with van der Waals surface area (Å²) in [5, 5.41) is 11.0. The van der Waals surface area contributed by atoms with Crippen LogP contribution in [0.25, 0.3) is 0 Å². The van der Waals surface area contributed by atoms with Crippen molar-refractivity contribution in [1.29, 1.82) is 5.26 Å². The van der Waals surface area contributed by atoms with Gasteiger partial charge >= 0.3 is 0 Å². The molecule has 2 rings (SSSR count). The van der Waals surface area contributed by atoms with Crippen LogP contribution in [0.3, 0.4) is 0 Å². The summed E-state index contributed by atoms with van der Waals surface area (Å²) in [5.41, 5.74) is -1.21. The lowest BCUT2D eigenvalue weighted by Crippen LogP contribution is -2.65. The summed E-state index contributed by atoms with van der Waals surface area (Å²) < 4.78 is 26.1. The van der Waals surface area contributed by atoms with E-state index in [1.807, 2.05) is 6.07 Å². The predicted molar refractivity (Wildman–Crippen MR) is 72.3 cm³/mol. The molecule has 1 heterocycles. The molecule has 0 saturated carbocycles. The molecule has 1 aliphatic heterocycles. The molecule has 0 radical (unpaired) electrons. The number of sulfonamides is 1. The number of carbonyl (C=O) groups is 2. The fourth-order valence-electron chi connectivity index (χ4n) is 2.00. The van der Waals surface area contributed by atoms with Crippen LogP contribution in [-0.2, 0) is 19.6 Å². The monoisotopic (exact) mass is 307 g/mol. The number of amides is 2. The van der Waals surface area contributed by atoms with Crippen LogP contribution in [0, 0.1) is 11.3 Å². The maximum absolute atomic E-state index is 12.6. The first-order valence-electron chi connectivity index (χ1n) is 6.07. The zero-order chi connectivity index (χ0) is 15.8. The highest BCUT2D eigenvalue weighted by Gasteiger charge is 2.47.